The third kappa shape index (κ3) is 3.12. The Bertz CT molecular complexity index is 448. The minimum Gasteiger partial charge on any atom is -0.399 e. The van der Waals surface area contributed by atoms with E-state index in [1.807, 2.05) is 0 Å². The van der Waals surface area contributed by atoms with E-state index in [4.69, 9.17) is 10.5 Å². The number of alkyl halides is 3. The van der Waals surface area contributed by atoms with Crippen molar-refractivity contribution in [3.05, 3.63) is 23.8 Å². The van der Waals surface area contributed by atoms with E-state index in [0.717, 1.165) is 18.9 Å². The van der Waals surface area contributed by atoms with Crippen LogP contribution in [-0.2, 0) is 10.9 Å². The number of hydrogen-bond acceptors (Lipinski definition) is 3. The number of hydrogen-bond donors (Lipinski definition) is 1. The summed E-state index contributed by atoms with van der Waals surface area (Å²) >= 11 is 0. The van der Waals surface area contributed by atoms with Gasteiger partial charge in [-0.3, -0.25) is 0 Å². The highest BCUT2D eigenvalue weighted by Gasteiger charge is 2.36. The summed E-state index contributed by atoms with van der Waals surface area (Å²) in [5, 5.41) is 0. The molecule has 3 nitrogen and oxygen atoms in total. The van der Waals surface area contributed by atoms with Crippen molar-refractivity contribution in [3.63, 3.8) is 0 Å². The number of rotatable bonds is 2. The molecule has 106 valence electrons. The van der Waals surface area contributed by atoms with Crippen molar-refractivity contribution in [3.8, 4) is 0 Å². The zero-order valence-electron chi connectivity index (χ0n) is 10.7. The average Bonchev–Trinajstić information content (AvgIpc) is 2.37. The van der Waals surface area contributed by atoms with Crippen LogP contribution in [0, 0.1) is 0 Å². The van der Waals surface area contributed by atoms with Crippen molar-refractivity contribution < 1.29 is 17.9 Å². The normalized spacial score (nSPS) is 20.6. The second-order valence-corrected chi connectivity index (χ2v) is 4.72. The first-order valence-corrected chi connectivity index (χ1v) is 6.16. The molecule has 2 N–H and O–H groups in total. The Labute approximate surface area is 110 Å². The summed E-state index contributed by atoms with van der Waals surface area (Å²) in [6.07, 6.45) is -2.72. The molecule has 1 saturated heterocycles. The van der Waals surface area contributed by atoms with Crippen molar-refractivity contribution in [2.45, 2.75) is 25.1 Å². The van der Waals surface area contributed by atoms with Crippen LogP contribution in [-0.4, -0.2) is 26.3 Å². The molecule has 1 heterocycles. The Kier molecular flexibility index (Phi) is 3.89. The summed E-state index contributed by atoms with van der Waals surface area (Å²) < 4.78 is 44.4. The summed E-state index contributed by atoms with van der Waals surface area (Å²) in [5.74, 6) is 0. The average molecular weight is 274 g/mol. The van der Waals surface area contributed by atoms with E-state index in [-0.39, 0.29) is 17.5 Å². The first-order chi connectivity index (χ1) is 8.91. The maximum Gasteiger partial charge on any atom is 0.418 e. The lowest BCUT2D eigenvalue weighted by molar-refractivity contribution is -0.137. The topological polar surface area (TPSA) is 38.5 Å². The highest BCUT2D eigenvalue weighted by Crippen LogP contribution is 2.38. The molecule has 6 heteroatoms. The van der Waals surface area contributed by atoms with E-state index in [2.05, 4.69) is 0 Å². The summed E-state index contributed by atoms with van der Waals surface area (Å²) in [4.78, 5) is 1.72. The minimum atomic E-state index is -4.40. The van der Waals surface area contributed by atoms with Gasteiger partial charge in [-0.2, -0.15) is 13.2 Å². The maximum absolute atomic E-state index is 13.0. The number of nitrogens with two attached hydrogens (primary N) is 1. The number of methoxy groups -OCH3 is 1. The largest absolute Gasteiger partial charge is 0.418 e. The first kappa shape index (κ1) is 14.0. The predicted molar refractivity (Wildman–Crippen MR) is 68.1 cm³/mol. The van der Waals surface area contributed by atoms with Gasteiger partial charge in [-0.25, -0.2) is 0 Å². The molecule has 0 saturated carbocycles. The van der Waals surface area contributed by atoms with Gasteiger partial charge in [-0.05, 0) is 31.0 Å². The Morgan fingerprint density at radius 2 is 2.11 bits per heavy atom. The molecule has 0 radical (unpaired) electrons. The van der Waals surface area contributed by atoms with Crippen LogP contribution in [0.25, 0.3) is 0 Å². The number of benzene rings is 1. The zero-order valence-corrected chi connectivity index (χ0v) is 10.7. The van der Waals surface area contributed by atoms with Crippen LogP contribution in [0.2, 0.25) is 0 Å². The van der Waals surface area contributed by atoms with Crippen molar-refractivity contribution in [1.29, 1.82) is 0 Å². The monoisotopic (exact) mass is 274 g/mol. The quantitative estimate of drug-likeness (QED) is 0.843. The lowest BCUT2D eigenvalue weighted by Gasteiger charge is -2.35. The molecule has 0 amide bonds. The van der Waals surface area contributed by atoms with E-state index >= 15 is 0 Å². The van der Waals surface area contributed by atoms with Crippen molar-refractivity contribution in [1.82, 2.24) is 0 Å². The van der Waals surface area contributed by atoms with E-state index in [1.54, 1.807) is 12.0 Å². The van der Waals surface area contributed by atoms with Gasteiger partial charge in [0.05, 0.1) is 11.7 Å². The maximum atomic E-state index is 13.0. The van der Waals surface area contributed by atoms with Crippen molar-refractivity contribution in [2.24, 2.45) is 0 Å². The number of nitrogens with zero attached hydrogens (tertiary/aromatic N) is 1. The minimum absolute atomic E-state index is 0.0209. The highest BCUT2D eigenvalue weighted by molar-refractivity contribution is 5.61. The Morgan fingerprint density at radius 1 is 1.37 bits per heavy atom. The third-order valence-electron chi connectivity index (χ3n) is 3.38. The van der Waals surface area contributed by atoms with Gasteiger partial charge in [0.15, 0.2) is 0 Å². The smallest absolute Gasteiger partial charge is 0.399 e. The molecule has 0 aromatic heterocycles. The second kappa shape index (κ2) is 5.28. The number of halogens is 3. The van der Waals surface area contributed by atoms with Crippen LogP contribution in [0.3, 0.4) is 0 Å². The summed E-state index contributed by atoms with van der Waals surface area (Å²) in [7, 11) is 1.59. The SMILES string of the molecule is COC1CCCN(c2ccc(N)cc2C(F)(F)F)C1. The number of anilines is 2. The molecule has 1 atom stereocenters. The van der Waals surface area contributed by atoms with Crippen LogP contribution in [0.4, 0.5) is 24.5 Å². The molecule has 1 aromatic carbocycles. The Hall–Kier alpha value is -1.43. The van der Waals surface area contributed by atoms with Gasteiger partial charge in [0.2, 0.25) is 0 Å². The third-order valence-corrected chi connectivity index (χ3v) is 3.38. The van der Waals surface area contributed by atoms with Gasteiger partial charge in [0, 0.05) is 31.6 Å². The highest BCUT2D eigenvalue weighted by atomic mass is 19.4. The van der Waals surface area contributed by atoms with Crippen LogP contribution >= 0.6 is 0 Å². The van der Waals surface area contributed by atoms with E-state index in [9.17, 15) is 13.2 Å². The molecule has 0 spiro atoms. The Balaban J connectivity index is 2.33. The molecular formula is C13H17F3N2O. The van der Waals surface area contributed by atoms with Gasteiger partial charge in [0.25, 0.3) is 0 Å². The number of piperidine rings is 1. The van der Waals surface area contributed by atoms with Gasteiger partial charge in [-0.1, -0.05) is 0 Å². The first-order valence-electron chi connectivity index (χ1n) is 6.16. The lowest BCUT2D eigenvalue weighted by atomic mass is 10.0. The number of ether oxygens (including phenoxy) is 1. The second-order valence-electron chi connectivity index (χ2n) is 4.72. The standard InChI is InChI=1S/C13H17F3N2O/c1-19-10-3-2-6-18(8-10)12-5-4-9(17)7-11(12)13(14,15)16/h4-5,7,10H,2-3,6,8,17H2,1H3. The molecule has 1 fully saturated rings. The van der Waals surface area contributed by atoms with Gasteiger partial charge >= 0.3 is 6.18 Å². The van der Waals surface area contributed by atoms with Crippen molar-refractivity contribution in [2.75, 3.05) is 30.8 Å². The predicted octanol–water partition coefficient (Wildman–Crippen LogP) is 2.90. The molecule has 1 aromatic rings. The van der Waals surface area contributed by atoms with Crippen LogP contribution in [0.5, 0.6) is 0 Å². The van der Waals surface area contributed by atoms with Gasteiger partial charge in [-0.15, -0.1) is 0 Å². The number of nitrogen functional groups attached to an aromatic ring is 1. The summed E-state index contributed by atoms with van der Waals surface area (Å²) in [6, 6.07) is 3.93. The van der Waals surface area contributed by atoms with Gasteiger partial charge in [0.1, 0.15) is 0 Å². The summed E-state index contributed by atoms with van der Waals surface area (Å²) in [6.45, 7) is 1.08. The molecule has 0 bridgehead atoms. The lowest BCUT2D eigenvalue weighted by Crippen LogP contribution is -2.40. The van der Waals surface area contributed by atoms with Crippen LogP contribution < -0.4 is 10.6 Å². The Morgan fingerprint density at radius 3 is 2.74 bits per heavy atom. The van der Waals surface area contributed by atoms with Crippen LogP contribution in [0.1, 0.15) is 18.4 Å². The van der Waals surface area contributed by atoms with Gasteiger partial charge < -0.3 is 15.4 Å². The van der Waals surface area contributed by atoms with Crippen LogP contribution in [0.15, 0.2) is 18.2 Å². The zero-order chi connectivity index (χ0) is 14.0. The molecule has 1 aliphatic rings. The molecule has 2 rings (SSSR count). The fraction of sp³-hybridized carbons (Fsp3) is 0.538. The van der Waals surface area contributed by atoms with E-state index in [1.165, 1.54) is 12.1 Å². The molecule has 0 aliphatic carbocycles. The molecule has 1 unspecified atom stereocenters. The van der Waals surface area contributed by atoms with E-state index in [0.29, 0.717) is 13.1 Å². The van der Waals surface area contributed by atoms with Crippen molar-refractivity contribution >= 4 is 11.4 Å². The molecule has 1 aliphatic heterocycles. The van der Waals surface area contributed by atoms with E-state index < -0.39 is 11.7 Å². The molecule has 19 heavy (non-hydrogen) atoms. The fourth-order valence-corrected chi connectivity index (χ4v) is 2.41. The fourth-order valence-electron chi connectivity index (χ4n) is 2.41. The molecular weight excluding hydrogens is 257 g/mol. The summed E-state index contributed by atoms with van der Waals surface area (Å²) in [5.41, 5.74) is 5.09.